The summed E-state index contributed by atoms with van der Waals surface area (Å²) in [4.78, 5) is 56.4. The molecule has 0 heterocycles. The second-order valence-corrected chi connectivity index (χ2v) is 9.64. The fraction of sp³-hybridized carbons (Fsp3) is 0.815. The number of carbonyl (C=O) groups is 5. The Balaban J connectivity index is 3.66. The highest BCUT2D eigenvalue weighted by molar-refractivity contribution is 5.84. The van der Waals surface area contributed by atoms with Crippen molar-refractivity contribution in [1.82, 2.24) is 10.6 Å². The number of unbranched alkanes of at least 4 members (excludes halogenated alkanes) is 12. The van der Waals surface area contributed by atoms with E-state index in [0.29, 0.717) is 32.2 Å². The first-order valence-electron chi connectivity index (χ1n) is 13.7. The molecular weight excluding hydrogens is 464 g/mol. The van der Waals surface area contributed by atoms with E-state index >= 15 is 0 Å². The summed E-state index contributed by atoms with van der Waals surface area (Å²) in [5.74, 6) is -2.21. The Morgan fingerprint density at radius 1 is 0.583 bits per heavy atom. The smallest absolute Gasteiger partial charge is 0.326 e. The predicted molar refractivity (Wildman–Crippen MR) is 139 cm³/mol. The summed E-state index contributed by atoms with van der Waals surface area (Å²) in [6.07, 6.45) is 15.3. The molecule has 1 unspecified atom stereocenters. The van der Waals surface area contributed by atoms with Crippen LogP contribution in [0.2, 0.25) is 0 Å². The largest absolute Gasteiger partial charge is 0.481 e. The summed E-state index contributed by atoms with van der Waals surface area (Å²) < 4.78 is 0. The molecule has 9 nitrogen and oxygen atoms in total. The highest BCUT2D eigenvalue weighted by atomic mass is 16.4. The summed E-state index contributed by atoms with van der Waals surface area (Å²) in [7, 11) is 0. The van der Waals surface area contributed by atoms with Crippen LogP contribution in [0.15, 0.2) is 0 Å². The number of nitrogens with one attached hydrogen (secondary N) is 2. The summed E-state index contributed by atoms with van der Waals surface area (Å²) >= 11 is 0. The van der Waals surface area contributed by atoms with Crippen LogP contribution in [-0.4, -0.2) is 52.3 Å². The van der Waals surface area contributed by atoms with Gasteiger partial charge in [-0.25, -0.2) is 4.79 Å². The van der Waals surface area contributed by atoms with Crippen LogP contribution in [0.25, 0.3) is 0 Å². The maximum Gasteiger partial charge on any atom is 0.326 e. The Labute approximate surface area is 216 Å². The lowest BCUT2D eigenvalue weighted by Gasteiger charge is -2.14. The fourth-order valence-corrected chi connectivity index (χ4v) is 3.93. The third-order valence-electron chi connectivity index (χ3n) is 6.12. The van der Waals surface area contributed by atoms with Gasteiger partial charge in [0.1, 0.15) is 11.8 Å². The summed E-state index contributed by atoms with van der Waals surface area (Å²) in [6.45, 7) is 1.86. The molecule has 0 aromatic heterocycles. The van der Waals surface area contributed by atoms with Gasteiger partial charge in [-0.05, 0) is 39.0 Å². The topological polar surface area (TPSA) is 150 Å². The zero-order chi connectivity index (χ0) is 27.0. The van der Waals surface area contributed by atoms with Crippen LogP contribution in [0.3, 0.4) is 0 Å². The van der Waals surface area contributed by atoms with Crippen molar-refractivity contribution < 1.29 is 34.2 Å². The van der Waals surface area contributed by atoms with E-state index in [-0.39, 0.29) is 36.9 Å². The SMILES string of the molecule is CC(=O)CCC(=O)NCCCCC(NC(=O)CCCCCCCCCCCCCCC(=O)O)C(=O)O. The molecule has 0 radical (unpaired) electrons. The van der Waals surface area contributed by atoms with Crippen LogP contribution in [0.1, 0.15) is 129 Å². The van der Waals surface area contributed by atoms with Gasteiger partial charge < -0.3 is 25.6 Å². The molecule has 4 N–H and O–H groups in total. The van der Waals surface area contributed by atoms with Crippen LogP contribution in [0.5, 0.6) is 0 Å². The highest BCUT2D eigenvalue weighted by Gasteiger charge is 2.19. The number of carboxylic acid groups (broad SMARTS) is 2. The van der Waals surface area contributed by atoms with Crippen molar-refractivity contribution >= 4 is 29.5 Å². The highest BCUT2D eigenvalue weighted by Crippen LogP contribution is 2.13. The van der Waals surface area contributed by atoms with Crippen molar-refractivity contribution in [3.8, 4) is 0 Å². The molecule has 0 saturated carbocycles. The van der Waals surface area contributed by atoms with E-state index in [1.807, 2.05) is 0 Å². The minimum atomic E-state index is -1.05. The number of Topliss-reactive ketones (excluding diaryl/α,β-unsaturated/α-hetero) is 1. The Bertz CT molecular complexity index is 652. The molecule has 0 aliphatic carbocycles. The molecule has 2 amide bonds. The van der Waals surface area contributed by atoms with E-state index in [2.05, 4.69) is 10.6 Å². The summed E-state index contributed by atoms with van der Waals surface area (Å²) in [5.41, 5.74) is 0. The number of aliphatic carboxylic acids is 2. The van der Waals surface area contributed by atoms with Crippen LogP contribution in [-0.2, 0) is 24.0 Å². The first kappa shape index (κ1) is 33.5. The van der Waals surface area contributed by atoms with Gasteiger partial charge in [-0.3, -0.25) is 14.4 Å². The van der Waals surface area contributed by atoms with Crippen molar-refractivity contribution in [2.45, 2.75) is 135 Å². The minimum absolute atomic E-state index is 0.0313. The number of hydrogen-bond acceptors (Lipinski definition) is 5. The molecule has 208 valence electrons. The molecule has 0 bridgehead atoms. The number of carboxylic acids is 2. The van der Waals surface area contributed by atoms with Crippen LogP contribution >= 0.6 is 0 Å². The molecule has 0 aliphatic rings. The lowest BCUT2D eigenvalue weighted by Crippen LogP contribution is -2.40. The van der Waals surface area contributed by atoms with Crippen molar-refractivity contribution in [1.29, 1.82) is 0 Å². The van der Waals surface area contributed by atoms with Crippen molar-refractivity contribution in [3.63, 3.8) is 0 Å². The molecule has 0 aliphatic heterocycles. The van der Waals surface area contributed by atoms with Gasteiger partial charge in [0.2, 0.25) is 11.8 Å². The average molecular weight is 513 g/mol. The zero-order valence-corrected chi connectivity index (χ0v) is 22.2. The van der Waals surface area contributed by atoms with E-state index in [9.17, 15) is 29.1 Å². The standard InChI is InChI=1S/C27H48N2O7/c1-22(30)19-20-24(31)28-21-15-14-16-23(27(35)36)29-25(32)17-12-10-8-6-4-2-3-5-7-9-11-13-18-26(33)34/h23H,2-21H2,1H3,(H,28,31)(H,29,32)(H,33,34)(H,35,36). The van der Waals surface area contributed by atoms with E-state index < -0.39 is 18.0 Å². The quantitative estimate of drug-likeness (QED) is 0.129. The number of rotatable bonds is 25. The molecule has 0 rings (SSSR count). The lowest BCUT2D eigenvalue weighted by atomic mass is 10.0. The van der Waals surface area contributed by atoms with Crippen LogP contribution in [0, 0.1) is 0 Å². The van der Waals surface area contributed by atoms with Gasteiger partial charge in [-0.15, -0.1) is 0 Å². The maximum atomic E-state index is 12.1. The molecule has 0 aromatic carbocycles. The number of carbonyl (C=O) groups excluding carboxylic acids is 3. The van der Waals surface area contributed by atoms with Gasteiger partial charge in [0.05, 0.1) is 0 Å². The molecule has 0 spiro atoms. The second-order valence-electron chi connectivity index (χ2n) is 9.64. The van der Waals surface area contributed by atoms with Crippen LogP contribution < -0.4 is 10.6 Å². The Kier molecular flexibility index (Phi) is 21.4. The van der Waals surface area contributed by atoms with Gasteiger partial charge in [0, 0.05) is 32.2 Å². The van der Waals surface area contributed by atoms with E-state index in [0.717, 1.165) is 44.9 Å². The Morgan fingerprint density at radius 3 is 1.56 bits per heavy atom. The normalized spacial score (nSPS) is 11.6. The first-order valence-corrected chi connectivity index (χ1v) is 13.7. The molecular formula is C27H48N2O7. The number of ketones is 1. The maximum absolute atomic E-state index is 12.1. The molecule has 1 atom stereocenters. The predicted octanol–water partition coefficient (Wildman–Crippen LogP) is 4.76. The first-order chi connectivity index (χ1) is 17.2. The van der Waals surface area contributed by atoms with Gasteiger partial charge in [0.15, 0.2) is 0 Å². The summed E-state index contributed by atoms with van der Waals surface area (Å²) in [6, 6.07) is -0.914. The van der Waals surface area contributed by atoms with Gasteiger partial charge >= 0.3 is 11.9 Å². The second kappa shape index (κ2) is 23.0. The van der Waals surface area contributed by atoms with Crippen molar-refractivity contribution in [3.05, 3.63) is 0 Å². The van der Waals surface area contributed by atoms with Gasteiger partial charge in [-0.1, -0.05) is 64.2 Å². The Morgan fingerprint density at radius 2 is 1.08 bits per heavy atom. The summed E-state index contributed by atoms with van der Waals surface area (Å²) in [5, 5.41) is 23.3. The third kappa shape index (κ3) is 23.3. The molecule has 0 aromatic rings. The number of hydrogen-bond donors (Lipinski definition) is 4. The van der Waals surface area contributed by atoms with E-state index in [4.69, 9.17) is 5.11 Å². The monoisotopic (exact) mass is 512 g/mol. The van der Waals surface area contributed by atoms with Gasteiger partial charge in [-0.2, -0.15) is 0 Å². The molecule has 0 saturated heterocycles. The lowest BCUT2D eigenvalue weighted by molar-refractivity contribution is -0.142. The van der Waals surface area contributed by atoms with E-state index in [1.165, 1.54) is 39.0 Å². The molecule has 0 fully saturated rings. The van der Waals surface area contributed by atoms with E-state index in [1.54, 1.807) is 0 Å². The molecule has 9 heteroatoms. The Hall–Kier alpha value is -2.45. The molecule has 36 heavy (non-hydrogen) atoms. The minimum Gasteiger partial charge on any atom is -0.481 e. The third-order valence-corrected chi connectivity index (χ3v) is 6.12. The van der Waals surface area contributed by atoms with Crippen LogP contribution in [0.4, 0.5) is 0 Å². The van der Waals surface area contributed by atoms with Crippen molar-refractivity contribution in [2.24, 2.45) is 0 Å². The average Bonchev–Trinajstić information content (AvgIpc) is 2.81. The van der Waals surface area contributed by atoms with Gasteiger partial charge in [0.25, 0.3) is 0 Å². The fourth-order valence-electron chi connectivity index (χ4n) is 3.93. The number of amides is 2. The van der Waals surface area contributed by atoms with Crippen molar-refractivity contribution in [2.75, 3.05) is 6.54 Å². The zero-order valence-electron chi connectivity index (χ0n) is 22.2.